The van der Waals surface area contributed by atoms with Crippen molar-refractivity contribution < 1.29 is 31.9 Å². The number of Topliss-reactive ketones (excluding diaryl/α,β-unsaturated/α-hetero) is 1. The highest BCUT2D eigenvalue weighted by atomic mass is 35.5. The van der Waals surface area contributed by atoms with Gasteiger partial charge in [0, 0.05) is 42.6 Å². The Kier molecular flexibility index (Phi) is 7.33. The van der Waals surface area contributed by atoms with E-state index in [9.17, 15) is 22.8 Å². The fourth-order valence-corrected chi connectivity index (χ4v) is 5.67. The number of halogens is 5. The molecule has 4 aromatic rings. The number of hydrogen-bond donors (Lipinski definition) is 1. The van der Waals surface area contributed by atoms with Gasteiger partial charge in [-0.2, -0.15) is 13.2 Å². The van der Waals surface area contributed by atoms with Gasteiger partial charge in [-0.25, -0.2) is 0 Å². The van der Waals surface area contributed by atoms with Gasteiger partial charge < -0.3 is 19.4 Å². The molecule has 2 atom stereocenters. The summed E-state index contributed by atoms with van der Waals surface area (Å²) in [4.78, 5) is 29.6. The highest BCUT2D eigenvalue weighted by molar-refractivity contribution is 6.42. The monoisotopic (exact) mass is 590 g/mol. The molecular formula is C29H23Cl2F3N2O4. The Morgan fingerprint density at radius 1 is 1.02 bits per heavy atom. The predicted molar refractivity (Wildman–Crippen MR) is 145 cm³/mol. The molecule has 1 aliphatic heterocycles. The van der Waals surface area contributed by atoms with E-state index in [1.165, 1.54) is 24.3 Å². The Hall–Kier alpha value is -3.53. The Morgan fingerprint density at radius 3 is 2.48 bits per heavy atom. The number of nitrogens with one attached hydrogen (secondary N) is 1. The lowest BCUT2D eigenvalue weighted by molar-refractivity contribution is -0.138. The van der Waals surface area contributed by atoms with Crippen LogP contribution in [-0.4, -0.2) is 49.4 Å². The summed E-state index contributed by atoms with van der Waals surface area (Å²) < 4.78 is 51.6. The number of alkyl halides is 3. The number of rotatable bonds is 6. The first-order valence-corrected chi connectivity index (χ1v) is 12.9. The summed E-state index contributed by atoms with van der Waals surface area (Å²) in [6.07, 6.45) is -3.26. The molecule has 1 saturated heterocycles. The smallest absolute Gasteiger partial charge is 0.419 e. The van der Waals surface area contributed by atoms with Crippen molar-refractivity contribution in [2.24, 2.45) is 0 Å². The third kappa shape index (κ3) is 4.72. The summed E-state index contributed by atoms with van der Waals surface area (Å²) in [5, 5.41) is 4.49. The molecule has 1 aromatic heterocycles. The molecule has 1 N–H and O–H groups in total. The van der Waals surface area contributed by atoms with Crippen LogP contribution in [0.15, 0.2) is 71.3 Å². The van der Waals surface area contributed by atoms with E-state index < -0.39 is 40.6 Å². The lowest BCUT2D eigenvalue weighted by Gasteiger charge is -2.42. The molecule has 11 heteroatoms. The maximum absolute atomic E-state index is 14.5. The largest absolute Gasteiger partial charge is 0.496 e. The van der Waals surface area contributed by atoms with Gasteiger partial charge in [0.15, 0.2) is 5.78 Å². The van der Waals surface area contributed by atoms with Gasteiger partial charge in [0.1, 0.15) is 16.9 Å². The van der Waals surface area contributed by atoms with E-state index in [4.69, 9.17) is 32.4 Å². The van der Waals surface area contributed by atoms with Gasteiger partial charge in [-0.15, -0.1) is 0 Å². The minimum absolute atomic E-state index is 0.0463. The first-order valence-electron chi connectivity index (χ1n) is 12.2. The molecule has 0 aliphatic carbocycles. The lowest BCUT2D eigenvalue weighted by Crippen LogP contribution is -2.59. The second-order valence-electron chi connectivity index (χ2n) is 9.56. The van der Waals surface area contributed by atoms with Crippen LogP contribution < -0.4 is 10.1 Å². The van der Waals surface area contributed by atoms with Gasteiger partial charge in [-0.1, -0.05) is 29.3 Å². The van der Waals surface area contributed by atoms with E-state index in [2.05, 4.69) is 5.32 Å². The zero-order chi connectivity index (χ0) is 28.8. The quantitative estimate of drug-likeness (QED) is 0.249. The molecule has 5 rings (SSSR count). The topological polar surface area (TPSA) is 71.8 Å². The first-order chi connectivity index (χ1) is 19.0. The number of hydrogen-bond acceptors (Lipinski definition) is 5. The lowest BCUT2D eigenvalue weighted by atomic mass is 9.75. The minimum Gasteiger partial charge on any atom is -0.496 e. The van der Waals surface area contributed by atoms with E-state index in [1.807, 2.05) is 0 Å². The summed E-state index contributed by atoms with van der Waals surface area (Å²) in [5.74, 6) is -2.18. The van der Waals surface area contributed by atoms with E-state index in [0.29, 0.717) is 33.7 Å². The van der Waals surface area contributed by atoms with E-state index in [1.54, 1.807) is 42.5 Å². The fourth-order valence-electron chi connectivity index (χ4n) is 5.36. The van der Waals surface area contributed by atoms with Crippen LogP contribution in [0.1, 0.15) is 37.8 Å². The summed E-state index contributed by atoms with van der Waals surface area (Å²) >= 11 is 12.5. The summed E-state index contributed by atoms with van der Waals surface area (Å²) in [6.45, 7) is 0.344. The molecule has 40 heavy (non-hydrogen) atoms. The third-order valence-corrected chi connectivity index (χ3v) is 8.17. The molecular weight excluding hydrogens is 568 g/mol. The van der Waals surface area contributed by atoms with Crippen molar-refractivity contribution in [3.05, 3.63) is 99.2 Å². The summed E-state index contributed by atoms with van der Waals surface area (Å²) in [7, 11) is 2.54. The van der Waals surface area contributed by atoms with Crippen molar-refractivity contribution in [1.82, 2.24) is 10.2 Å². The third-order valence-electron chi connectivity index (χ3n) is 7.43. The molecule has 6 nitrogen and oxygen atoms in total. The minimum atomic E-state index is -4.76. The molecule has 1 aliphatic rings. The van der Waals surface area contributed by atoms with Crippen LogP contribution in [0.3, 0.4) is 0 Å². The highest BCUT2D eigenvalue weighted by Gasteiger charge is 2.54. The number of ether oxygens (including phenoxy) is 1. The summed E-state index contributed by atoms with van der Waals surface area (Å²) in [6, 6.07) is 14.7. The standard InChI is InChI=1S/C29H23Cl2F3N2O4/c1-36(27(38)19-5-8-25(39-2)20(12-19)29(32,33)34)28(26(37)18-4-7-24-17(11-18)9-10-40-24)15-35-14-21(28)16-3-6-22(30)23(31)13-16/h3-13,21,35H,14-15H2,1-2H3/t21-,28+/m0/s1. The number of likely N-dealkylation sites (N-methyl/N-ethyl adjacent to an activating group) is 1. The second-order valence-corrected chi connectivity index (χ2v) is 10.4. The molecule has 1 fully saturated rings. The van der Waals surface area contributed by atoms with Crippen LogP contribution in [0, 0.1) is 0 Å². The molecule has 0 unspecified atom stereocenters. The van der Waals surface area contributed by atoms with Crippen molar-refractivity contribution in [3.63, 3.8) is 0 Å². The van der Waals surface area contributed by atoms with Crippen molar-refractivity contribution in [3.8, 4) is 5.75 Å². The van der Waals surface area contributed by atoms with Gasteiger partial charge in [0.25, 0.3) is 5.91 Å². The Balaban J connectivity index is 1.65. The van der Waals surface area contributed by atoms with Crippen LogP contribution in [0.2, 0.25) is 10.0 Å². The van der Waals surface area contributed by atoms with Crippen LogP contribution in [0.5, 0.6) is 5.75 Å². The van der Waals surface area contributed by atoms with Crippen molar-refractivity contribution in [1.29, 1.82) is 0 Å². The van der Waals surface area contributed by atoms with Gasteiger partial charge in [-0.05, 0) is 60.2 Å². The number of carbonyl (C=O) groups is 2. The van der Waals surface area contributed by atoms with Crippen LogP contribution in [0.25, 0.3) is 11.0 Å². The number of nitrogens with zero attached hydrogens (tertiary/aromatic N) is 1. The van der Waals surface area contributed by atoms with Crippen molar-refractivity contribution in [2.45, 2.75) is 17.6 Å². The Morgan fingerprint density at radius 2 is 1.77 bits per heavy atom. The second kappa shape index (κ2) is 10.5. The average molecular weight is 591 g/mol. The number of methoxy groups -OCH3 is 1. The Labute approximate surface area is 237 Å². The molecule has 3 aromatic carbocycles. The fraction of sp³-hybridized carbons (Fsp3) is 0.241. The molecule has 0 spiro atoms. The first kappa shape index (κ1) is 28.0. The van der Waals surface area contributed by atoms with Gasteiger partial charge in [-0.3, -0.25) is 9.59 Å². The maximum atomic E-state index is 14.5. The van der Waals surface area contributed by atoms with Gasteiger partial charge in [0.2, 0.25) is 0 Å². The SMILES string of the molecule is COc1ccc(C(=O)N(C)[C@]2(C(=O)c3ccc4occc4c3)CNC[C@H]2c2ccc(Cl)c(Cl)c2)cc1C(F)(F)F. The summed E-state index contributed by atoms with van der Waals surface area (Å²) in [5.41, 5.74) is -1.32. The van der Waals surface area contributed by atoms with E-state index in [0.717, 1.165) is 19.2 Å². The van der Waals surface area contributed by atoms with Crippen LogP contribution >= 0.6 is 23.2 Å². The van der Waals surface area contributed by atoms with E-state index >= 15 is 0 Å². The van der Waals surface area contributed by atoms with Gasteiger partial charge >= 0.3 is 6.18 Å². The molecule has 208 valence electrons. The van der Waals surface area contributed by atoms with E-state index in [-0.39, 0.29) is 17.1 Å². The number of ketones is 1. The number of fused-ring (bicyclic) bond motifs is 1. The van der Waals surface area contributed by atoms with Gasteiger partial charge in [0.05, 0.1) is 29.0 Å². The molecule has 0 bridgehead atoms. The van der Waals surface area contributed by atoms with Crippen LogP contribution in [-0.2, 0) is 6.18 Å². The number of furan rings is 1. The Bertz CT molecular complexity index is 1620. The predicted octanol–water partition coefficient (Wildman–Crippen LogP) is 6.85. The molecule has 0 radical (unpaired) electrons. The average Bonchev–Trinajstić information content (AvgIpc) is 3.60. The zero-order valence-corrected chi connectivity index (χ0v) is 22.8. The number of benzene rings is 3. The number of carbonyl (C=O) groups excluding carboxylic acids is 2. The molecule has 2 heterocycles. The maximum Gasteiger partial charge on any atom is 0.419 e. The number of amides is 1. The molecule has 1 amide bonds. The zero-order valence-electron chi connectivity index (χ0n) is 21.3. The highest BCUT2D eigenvalue weighted by Crippen LogP contribution is 2.42. The normalized spacial score (nSPS) is 19.1. The van der Waals surface area contributed by atoms with Crippen LogP contribution in [0.4, 0.5) is 13.2 Å². The molecule has 0 saturated carbocycles. The van der Waals surface area contributed by atoms with Crippen molar-refractivity contribution >= 4 is 45.9 Å². The van der Waals surface area contributed by atoms with Crippen molar-refractivity contribution in [2.75, 3.05) is 27.2 Å².